The van der Waals surface area contributed by atoms with E-state index >= 15 is 0 Å². The first-order valence-corrected chi connectivity index (χ1v) is 11.5. The van der Waals surface area contributed by atoms with Crippen LogP contribution in [-0.4, -0.2) is 57.2 Å². The lowest BCUT2D eigenvalue weighted by molar-refractivity contribution is -0.136. The van der Waals surface area contributed by atoms with Gasteiger partial charge >= 0.3 is 12.0 Å². The summed E-state index contributed by atoms with van der Waals surface area (Å²) >= 11 is 3.33. The lowest BCUT2D eigenvalue weighted by Gasteiger charge is -2.28. The van der Waals surface area contributed by atoms with E-state index in [-0.39, 0.29) is 35.2 Å². The van der Waals surface area contributed by atoms with E-state index in [2.05, 4.69) is 37.1 Å². The fourth-order valence-corrected chi connectivity index (χ4v) is 3.90. The van der Waals surface area contributed by atoms with Gasteiger partial charge in [-0.25, -0.2) is 15.0 Å². The number of esters is 1. The Morgan fingerprint density at radius 2 is 1.86 bits per heavy atom. The number of hydrogen-bond acceptors (Lipinski definition) is 9. The standard InChI is InChI=1S/C24H25BrN4O8/c1-12-21(23(32)36-4)22(28-24(33)27-12)13-5-6-17(19(8-13)35-3)37-11-20(31)29-26-10-14-7-16(30)18(34-2)9-15(14)25/h5-10,22,30H,11H2,1-4H3,(H,29,31)(H2,27,28,33)/b26-10-/t22-/m0/s1. The predicted octanol–water partition coefficient (Wildman–Crippen LogP) is 2.50. The number of urea groups is 1. The number of amides is 3. The summed E-state index contributed by atoms with van der Waals surface area (Å²) in [6, 6.07) is 6.52. The van der Waals surface area contributed by atoms with Crippen molar-refractivity contribution in [2.45, 2.75) is 13.0 Å². The normalized spacial score (nSPS) is 15.1. The number of methoxy groups -OCH3 is 3. The van der Waals surface area contributed by atoms with Gasteiger partial charge in [-0.15, -0.1) is 0 Å². The summed E-state index contributed by atoms with van der Waals surface area (Å²) < 4.78 is 21.4. The van der Waals surface area contributed by atoms with Gasteiger partial charge < -0.3 is 34.7 Å². The van der Waals surface area contributed by atoms with Gasteiger partial charge in [0, 0.05) is 15.7 Å². The molecule has 3 amide bonds. The Kier molecular flexibility index (Phi) is 8.95. The van der Waals surface area contributed by atoms with E-state index in [1.165, 1.54) is 33.6 Å². The Balaban J connectivity index is 1.68. The molecule has 0 saturated carbocycles. The number of phenolic OH excluding ortho intramolecular Hbond substituents is 1. The fraction of sp³-hybridized carbons (Fsp3) is 0.250. The zero-order chi connectivity index (χ0) is 27.1. The van der Waals surface area contributed by atoms with Crippen LogP contribution in [0.15, 0.2) is 51.2 Å². The number of carbonyl (C=O) groups excluding carboxylic acids is 3. The highest BCUT2D eigenvalue weighted by Gasteiger charge is 2.32. The van der Waals surface area contributed by atoms with Gasteiger partial charge in [-0.3, -0.25) is 4.79 Å². The Bertz CT molecular complexity index is 1280. The van der Waals surface area contributed by atoms with Crippen molar-refractivity contribution in [3.8, 4) is 23.0 Å². The number of ether oxygens (including phenoxy) is 4. The number of carbonyl (C=O) groups is 3. The van der Waals surface area contributed by atoms with Crippen LogP contribution in [0.2, 0.25) is 0 Å². The molecule has 0 spiro atoms. The highest BCUT2D eigenvalue weighted by atomic mass is 79.9. The molecule has 2 aromatic rings. The Labute approximate surface area is 220 Å². The van der Waals surface area contributed by atoms with Crippen molar-refractivity contribution < 1.29 is 38.4 Å². The molecular weight excluding hydrogens is 552 g/mol. The van der Waals surface area contributed by atoms with E-state index in [1.807, 2.05) is 0 Å². The minimum atomic E-state index is -0.779. The van der Waals surface area contributed by atoms with Crippen LogP contribution in [0.4, 0.5) is 4.79 Å². The molecule has 1 aliphatic rings. The van der Waals surface area contributed by atoms with E-state index in [1.54, 1.807) is 31.2 Å². The molecule has 37 heavy (non-hydrogen) atoms. The summed E-state index contributed by atoms with van der Waals surface area (Å²) in [4.78, 5) is 36.5. The number of benzene rings is 2. The van der Waals surface area contributed by atoms with Crippen molar-refractivity contribution in [1.29, 1.82) is 0 Å². The molecule has 2 aromatic carbocycles. The fourth-order valence-electron chi connectivity index (χ4n) is 3.48. The van der Waals surface area contributed by atoms with Crippen LogP contribution in [0, 0.1) is 0 Å². The van der Waals surface area contributed by atoms with Gasteiger partial charge in [-0.05, 0) is 52.7 Å². The summed E-state index contributed by atoms with van der Waals surface area (Å²) in [7, 11) is 4.10. The van der Waals surface area contributed by atoms with Gasteiger partial charge in [-0.1, -0.05) is 6.07 Å². The minimum absolute atomic E-state index is 0.0780. The largest absolute Gasteiger partial charge is 0.504 e. The first kappa shape index (κ1) is 27.3. The summed E-state index contributed by atoms with van der Waals surface area (Å²) in [6.07, 6.45) is 1.35. The van der Waals surface area contributed by atoms with E-state index < -0.39 is 23.9 Å². The number of allylic oxidation sites excluding steroid dienone is 1. The zero-order valence-corrected chi connectivity index (χ0v) is 22.0. The Morgan fingerprint density at radius 1 is 1.14 bits per heavy atom. The molecule has 3 rings (SSSR count). The monoisotopic (exact) mass is 576 g/mol. The van der Waals surface area contributed by atoms with Gasteiger partial charge in [0.05, 0.1) is 39.2 Å². The molecule has 0 aliphatic carbocycles. The van der Waals surface area contributed by atoms with Crippen LogP contribution in [-0.2, 0) is 14.3 Å². The molecule has 12 nitrogen and oxygen atoms in total. The van der Waals surface area contributed by atoms with Gasteiger partial charge in [0.1, 0.15) is 0 Å². The van der Waals surface area contributed by atoms with E-state index in [9.17, 15) is 19.5 Å². The molecule has 0 bridgehead atoms. The van der Waals surface area contributed by atoms with Crippen molar-refractivity contribution in [3.05, 3.63) is 57.2 Å². The highest BCUT2D eigenvalue weighted by molar-refractivity contribution is 9.10. The first-order valence-electron chi connectivity index (χ1n) is 10.7. The SMILES string of the molecule is COC(=O)C1=C(C)NC(=O)N[C@H]1c1ccc(OCC(=O)N/N=C\c2cc(O)c(OC)cc2Br)c(OC)c1. The molecule has 1 atom stereocenters. The lowest BCUT2D eigenvalue weighted by atomic mass is 9.95. The zero-order valence-electron chi connectivity index (χ0n) is 20.4. The number of halogens is 1. The second-order valence-electron chi connectivity index (χ2n) is 7.60. The van der Waals surface area contributed by atoms with Crippen molar-refractivity contribution in [2.24, 2.45) is 5.10 Å². The van der Waals surface area contributed by atoms with Crippen molar-refractivity contribution in [1.82, 2.24) is 16.1 Å². The minimum Gasteiger partial charge on any atom is -0.504 e. The van der Waals surface area contributed by atoms with Gasteiger partial charge in [0.2, 0.25) is 0 Å². The number of hydrazone groups is 1. The van der Waals surface area contributed by atoms with Crippen LogP contribution in [0.1, 0.15) is 24.1 Å². The first-order chi connectivity index (χ1) is 17.7. The lowest BCUT2D eigenvalue weighted by Crippen LogP contribution is -2.45. The Hall–Kier alpha value is -4.26. The van der Waals surface area contributed by atoms with Gasteiger partial charge in [-0.2, -0.15) is 5.10 Å². The molecular formula is C24H25BrN4O8. The maximum absolute atomic E-state index is 12.3. The number of nitrogens with zero attached hydrogens (tertiary/aromatic N) is 1. The van der Waals surface area contributed by atoms with Crippen molar-refractivity contribution in [2.75, 3.05) is 27.9 Å². The number of phenols is 1. The van der Waals surface area contributed by atoms with Crippen LogP contribution in [0.25, 0.3) is 0 Å². The second kappa shape index (κ2) is 12.1. The Morgan fingerprint density at radius 3 is 2.54 bits per heavy atom. The molecule has 196 valence electrons. The van der Waals surface area contributed by atoms with Gasteiger partial charge in [0.25, 0.3) is 5.91 Å². The second-order valence-corrected chi connectivity index (χ2v) is 8.45. The van der Waals surface area contributed by atoms with Crippen LogP contribution >= 0.6 is 15.9 Å². The molecule has 4 N–H and O–H groups in total. The van der Waals surface area contributed by atoms with Crippen molar-refractivity contribution >= 4 is 40.1 Å². The molecule has 0 radical (unpaired) electrons. The third-order valence-corrected chi connectivity index (χ3v) is 5.93. The van der Waals surface area contributed by atoms with Crippen LogP contribution in [0.5, 0.6) is 23.0 Å². The van der Waals surface area contributed by atoms with E-state index in [0.717, 1.165) is 0 Å². The maximum atomic E-state index is 12.3. The third kappa shape index (κ3) is 6.50. The number of rotatable bonds is 9. The summed E-state index contributed by atoms with van der Waals surface area (Å²) in [5, 5.41) is 19.0. The summed E-state index contributed by atoms with van der Waals surface area (Å²) in [5.74, 6) is -0.394. The number of hydrogen-bond donors (Lipinski definition) is 4. The number of nitrogens with one attached hydrogen (secondary N) is 3. The predicted molar refractivity (Wildman–Crippen MR) is 136 cm³/mol. The molecule has 0 saturated heterocycles. The van der Waals surface area contributed by atoms with Gasteiger partial charge in [0.15, 0.2) is 29.6 Å². The topological polar surface area (TPSA) is 157 Å². The molecule has 0 unspecified atom stereocenters. The number of aromatic hydroxyl groups is 1. The maximum Gasteiger partial charge on any atom is 0.337 e. The summed E-state index contributed by atoms with van der Waals surface area (Å²) in [6.45, 7) is 1.22. The van der Waals surface area contributed by atoms with Crippen LogP contribution < -0.4 is 30.3 Å². The van der Waals surface area contributed by atoms with E-state index in [0.29, 0.717) is 21.3 Å². The molecule has 0 fully saturated rings. The third-order valence-electron chi connectivity index (χ3n) is 5.25. The van der Waals surface area contributed by atoms with Crippen LogP contribution in [0.3, 0.4) is 0 Å². The average molecular weight is 577 g/mol. The average Bonchev–Trinajstić information content (AvgIpc) is 2.88. The molecule has 0 aromatic heterocycles. The highest BCUT2D eigenvalue weighted by Crippen LogP contribution is 2.35. The molecule has 1 heterocycles. The molecule has 13 heteroatoms. The smallest absolute Gasteiger partial charge is 0.337 e. The van der Waals surface area contributed by atoms with E-state index in [4.69, 9.17) is 18.9 Å². The quantitative estimate of drug-likeness (QED) is 0.201. The summed E-state index contributed by atoms with van der Waals surface area (Å²) in [5.41, 5.74) is 4.00. The molecule has 1 aliphatic heterocycles. The van der Waals surface area contributed by atoms with Crippen molar-refractivity contribution in [3.63, 3.8) is 0 Å².